The number of rotatable bonds is 8. The van der Waals surface area contributed by atoms with Crippen molar-refractivity contribution in [2.45, 2.75) is 6.04 Å². The van der Waals surface area contributed by atoms with E-state index in [-0.39, 0.29) is 11.7 Å². The van der Waals surface area contributed by atoms with Gasteiger partial charge < -0.3 is 14.8 Å². The van der Waals surface area contributed by atoms with Crippen LogP contribution in [-0.4, -0.2) is 45.2 Å². The fourth-order valence-electron chi connectivity index (χ4n) is 2.53. The summed E-state index contributed by atoms with van der Waals surface area (Å²) in [4.78, 5) is 14.2. The van der Waals surface area contributed by atoms with Gasteiger partial charge in [0.25, 0.3) is 0 Å². The molecule has 1 unspecified atom stereocenters. The summed E-state index contributed by atoms with van der Waals surface area (Å²) in [5.41, 5.74) is 0.605. The van der Waals surface area contributed by atoms with Crippen LogP contribution in [0, 0.1) is 5.82 Å². The zero-order chi connectivity index (χ0) is 18.2. The lowest BCUT2D eigenvalue weighted by Gasteiger charge is -2.24. The van der Waals surface area contributed by atoms with E-state index in [1.165, 1.54) is 12.1 Å². The summed E-state index contributed by atoms with van der Waals surface area (Å²) in [6, 6.07) is 12.8. The summed E-state index contributed by atoms with van der Waals surface area (Å²) in [5.74, 6) is 0.684. The lowest BCUT2D eigenvalue weighted by molar-refractivity contribution is -0.125. The topological polar surface area (TPSA) is 50.8 Å². The van der Waals surface area contributed by atoms with Crippen molar-refractivity contribution in [3.05, 3.63) is 59.9 Å². The Hall–Kier alpha value is -2.60. The van der Waals surface area contributed by atoms with E-state index in [4.69, 9.17) is 9.47 Å². The Morgan fingerprint density at radius 1 is 1.16 bits per heavy atom. The van der Waals surface area contributed by atoms with Crippen LogP contribution in [0.3, 0.4) is 0 Å². The average Bonchev–Trinajstić information content (AvgIpc) is 2.59. The van der Waals surface area contributed by atoms with Gasteiger partial charge in [0.15, 0.2) is 11.5 Å². The van der Waals surface area contributed by atoms with Crippen molar-refractivity contribution in [3.8, 4) is 11.5 Å². The van der Waals surface area contributed by atoms with Gasteiger partial charge in [-0.25, -0.2) is 4.39 Å². The number of hydrogen-bond donors (Lipinski definition) is 1. The number of hydrogen-bond acceptors (Lipinski definition) is 4. The molecule has 25 heavy (non-hydrogen) atoms. The maximum absolute atomic E-state index is 13.4. The standard InChI is InChI=1S/C19H23FN2O3/c1-22(2)18(14-7-6-8-15(20)13-14)19(23)21-11-12-25-17-10-5-4-9-16(17)24-3/h4-10,13,18H,11-12H2,1-3H3,(H,21,23). The first kappa shape index (κ1) is 18.7. The molecule has 0 radical (unpaired) electrons. The number of carbonyl (C=O) groups excluding carboxylic acids is 1. The van der Waals surface area contributed by atoms with Crippen molar-refractivity contribution in [3.63, 3.8) is 0 Å². The highest BCUT2D eigenvalue weighted by atomic mass is 19.1. The molecule has 0 saturated carbocycles. The molecule has 0 spiro atoms. The van der Waals surface area contributed by atoms with Gasteiger partial charge in [-0.15, -0.1) is 0 Å². The lowest BCUT2D eigenvalue weighted by Crippen LogP contribution is -2.38. The smallest absolute Gasteiger partial charge is 0.242 e. The van der Waals surface area contributed by atoms with Gasteiger partial charge in [0.1, 0.15) is 18.5 Å². The fraction of sp³-hybridized carbons (Fsp3) is 0.316. The van der Waals surface area contributed by atoms with Gasteiger partial charge in [-0.2, -0.15) is 0 Å². The van der Waals surface area contributed by atoms with Crippen LogP contribution in [0.5, 0.6) is 11.5 Å². The predicted molar refractivity (Wildman–Crippen MR) is 94.3 cm³/mol. The second kappa shape index (κ2) is 9.03. The minimum atomic E-state index is -0.568. The molecule has 1 atom stereocenters. The van der Waals surface area contributed by atoms with E-state index in [0.717, 1.165) is 0 Å². The van der Waals surface area contributed by atoms with E-state index in [9.17, 15) is 9.18 Å². The molecule has 6 heteroatoms. The highest BCUT2D eigenvalue weighted by molar-refractivity contribution is 5.83. The van der Waals surface area contributed by atoms with E-state index in [0.29, 0.717) is 30.2 Å². The van der Waals surface area contributed by atoms with Crippen molar-refractivity contribution in [1.29, 1.82) is 0 Å². The maximum Gasteiger partial charge on any atom is 0.242 e. The second-order valence-corrected chi connectivity index (χ2v) is 5.71. The maximum atomic E-state index is 13.4. The van der Waals surface area contributed by atoms with Crippen molar-refractivity contribution in [1.82, 2.24) is 10.2 Å². The number of nitrogens with one attached hydrogen (secondary N) is 1. The monoisotopic (exact) mass is 346 g/mol. The Bertz CT molecular complexity index is 707. The molecule has 0 aromatic heterocycles. The van der Waals surface area contributed by atoms with Crippen LogP contribution >= 0.6 is 0 Å². The molecule has 0 aliphatic carbocycles. The van der Waals surface area contributed by atoms with Gasteiger partial charge in [-0.1, -0.05) is 24.3 Å². The zero-order valence-electron chi connectivity index (χ0n) is 14.7. The molecule has 0 saturated heterocycles. The molecule has 2 aromatic rings. The highest BCUT2D eigenvalue weighted by Gasteiger charge is 2.22. The van der Waals surface area contributed by atoms with E-state index in [1.54, 1.807) is 50.4 Å². The van der Waals surface area contributed by atoms with E-state index in [2.05, 4.69) is 5.32 Å². The molecule has 2 aromatic carbocycles. The predicted octanol–water partition coefficient (Wildman–Crippen LogP) is 2.63. The first-order chi connectivity index (χ1) is 12.0. The Kier molecular flexibility index (Phi) is 6.77. The van der Waals surface area contributed by atoms with Crippen LogP contribution < -0.4 is 14.8 Å². The second-order valence-electron chi connectivity index (χ2n) is 5.71. The Morgan fingerprint density at radius 3 is 2.52 bits per heavy atom. The number of carbonyl (C=O) groups is 1. The summed E-state index contributed by atoms with van der Waals surface area (Å²) in [6.07, 6.45) is 0. The average molecular weight is 346 g/mol. The minimum Gasteiger partial charge on any atom is -0.493 e. The van der Waals surface area contributed by atoms with E-state index < -0.39 is 6.04 Å². The van der Waals surface area contributed by atoms with Crippen molar-refractivity contribution in [2.24, 2.45) is 0 Å². The van der Waals surface area contributed by atoms with Gasteiger partial charge in [0.2, 0.25) is 5.91 Å². The highest BCUT2D eigenvalue weighted by Crippen LogP contribution is 2.25. The quantitative estimate of drug-likeness (QED) is 0.747. The summed E-state index contributed by atoms with van der Waals surface area (Å²) in [6.45, 7) is 0.631. The lowest BCUT2D eigenvalue weighted by atomic mass is 10.1. The molecule has 0 aliphatic heterocycles. The number of methoxy groups -OCH3 is 1. The van der Waals surface area contributed by atoms with Gasteiger partial charge in [-0.3, -0.25) is 9.69 Å². The Morgan fingerprint density at radius 2 is 1.88 bits per heavy atom. The van der Waals surface area contributed by atoms with Crippen molar-refractivity contribution in [2.75, 3.05) is 34.4 Å². The SMILES string of the molecule is COc1ccccc1OCCNC(=O)C(c1cccc(F)c1)N(C)C. The zero-order valence-corrected chi connectivity index (χ0v) is 14.7. The summed E-state index contributed by atoms with van der Waals surface area (Å²) in [5, 5.41) is 2.82. The van der Waals surface area contributed by atoms with Crippen LogP contribution in [-0.2, 0) is 4.79 Å². The minimum absolute atomic E-state index is 0.209. The molecular weight excluding hydrogens is 323 g/mol. The Balaban J connectivity index is 1.91. The molecule has 5 nitrogen and oxygen atoms in total. The molecule has 0 aliphatic rings. The number of amides is 1. The number of benzene rings is 2. The third-order valence-corrected chi connectivity index (χ3v) is 3.66. The number of likely N-dealkylation sites (N-methyl/N-ethyl adjacent to an activating group) is 1. The van der Waals surface area contributed by atoms with E-state index in [1.807, 2.05) is 12.1 Å². The molecule has 0 bridgehead atoms. The molecule has 2 rings (SSSR count). The summed E-state index contributed by atoms with van der Waals surface area (Å²) in [7, 11) is 5.13. The first-order valence-electron chi connectivity index (χ1n) is 7.98. The fourth-order valence-corrected chi connectivity index (χ4v) is 2.53. The summed E-state index contributed by atoms with van der Waals surface area (Å²) < 4.78 is 24.3. The molecule has 0 heterocycles. The molecular formula is C19H23FN2O3. The van der Waals surface area contributed by atoms with Gasteiger partial charge in [-0.05, 0) is 43.9 Å². The number of ether oxygens (including phenoxy) is 2. The number of nitrogens with zero attached hydrogens (tertiary/aromatic N) is 1. The van der Waals surface area contributed by atoms with E-state index >= 15 is 0 Å². The van der Waals surface area contributed by atoms with Gasteiger partial charge >= 0.3 is 0 Å². The van der Waals surface area contributed by atoms with Crippen LogP contribution in [0.15, 0.2) is 48.5 Å². The van der Waals surface area contributed by atoms with Crippen LogP contribution in [0.2, 0.25) is 0 Å². The molecule has 1 N–H and O–H groups in total. The molecule has 0 fully saturated rings. The summed E-state index contributed by atoms with van der Waals surface area (Å²) >= 11 is 0. The van der Waals surface area contributed by atoms with Crippen molar-refractivity contribution >= 4 is 5.91 Å². The normalized spacial score (nSPS) is 11.9. The van der Waals surface area contributed by atoms with Crippen LogP contribution in [0.4, 0.5) is 4.39 Å². The molecule has 134 valence electrons. The van der Waals surface area contributed by atoms with Crippen LogP contribution in [0.25, 0.3) is 0 Å². The van der Waals surface area contributed by atoms with Crippen molar-refractivity contribution < 1.29 is 18.7 Å². The molecule has 1 amide bonds. The van der Waals surface area contributed by atoms with Gasteiger partial charge in [0.05, 0.1) is 13.7 Å². The largest absolute Gasteiger partial charge is 0.493 e. The number of para-hydroxylation sites is 2. The third-order valence-electron chi connectivity index (χ3n) is 3.66. The Labute approximate surface area is 147 Å². The first-order valence-corrected chi connectivity index (χ1v) is 7.98. The van der Waals surface area contributed by atoms with Gasteiger partial charge in [0, 0.05) is 0 Å². The third kappa shape index (κ3) is 5.19. The van der Waals surface area contributed by atoms with Crippen LogP contribution in [0.1, 0.15) is 11.6 Å². The number of halogens is 1.